The van der Waals surface area contributed by atoms with Crippen molar-refractivity contribution in [2.24, 2.45) is 0 Å². The normalized spacial score (nSPS) is 12.2. The van der Waals surface area contributed by atoms with Crippen LogP contribution in [0.25, 0.3) is 10.4 Å². The van der Waals surface area contributed by atoms with Crippen molar-refractivity contribution in [3.05, 3.63) is 103 Å². The van der Waals surface area contributed by atoms with Crippen LogP contribution in [0.3, 0.4) is 0 Å². The molecule has 3 aromatic carbocycles. The molecule has 0 aliphatic carbocycles. The van der Waals surface area contributed by atoms with Gasteiger partial charge < -0.3 is 0 Å². The van der Waals surface area contributed by atoms with Gasteiger partial charge in [-0.1, -0.05) is 70.6 Å². The summed E-state index contributed by atoms with van der Waals surface area (Å²) in [6, 6.07) is 21.1. The van der Waals surface area contributed by atoms with E-state index in [1.54, 1.807) is 36.4 Å². The summed E-state index contributed by atoms with van der Waals surface area (Å²) in [6.07, 6.45) is 0. The Balaban J connectivity index is 1.53. The number of carbonyl (C=O) groups is 1. The van der Waals surface area contributed by atoms with E-state index in [2.05, 4.69) is 0 Å². The lowest BCUT2D eigenvalue weighted by atomic mass is 10.2. The highest BCUT2D eigenvalue weighted by Crippen LogP contribution is 2.48. The van der Waals surface area contributed by atoms with Crippen molar-refractivity contribution in [3.63, 3.8) is 0 Å². The molecular weight excluding hydrogens is 499 g/mol. The summed E-state index contributed by atoms with van der Waals surface area (Å²) in [7, 11) is 0. The quantitative estimate of drug-likeness (QED) is 0.334. The second-order valence-electron chi connectivity index (χ2n) is 7.22. The van der Waals surface area contributed by atoms with E-state index in [1.165, 1.54) is 22.7 Å². The lowest BCUT2D eigenvalue weighted by Crippen LogP contribution is -2.39. The summed E-state index contributed by atoms with van der Waals surface area (Å²) < 4.78 is 0.959. The molecule has 0 radical (unpaired) electrons. The first-order valence-electron chi connectivity index (χ1n) is 9.81. The maximum absolute atomic E-state index is 13.5. The highest BCUT2D eigenvalue weighted by Gasteiger charge is 2.29. The second kappa shape index (κ2) is 8.83. The zero-order valence-electron chi connectivity index (χ0n) is 16.8. The summed E-state index contributed by atoms with van der Waals surface area (Å²) in [5.74, 6) is -0.406. The molecule has 2 heterocycles. The standard InChI is InChI=1S/C24H14Cl2N2O3S2/c25-15-7-5-14(6-8-15)21-12-22(29)27(24(31)33-21)13-23(30)28-17-3-1-2-4-19(17)32-20-10-9-16(26)11-18(20)28/h1-12H,13H2. The van der Waals surface area contributed by atoms with Crippen molar-refractivity contribution in [2.45, 2.75) is 16.3 Å². The van der Waals surface area contributed by atoms with Gasteiger partial charge in [0.15, 0.2) is 0 Å². The number of hydrogen-bond donors (Lipinski definition) is 0. The number of amides is 1. The van der Waals surface area contributed by atoms with E-state index < -0.39 is 16.3 Å². The van der Waals surface area contributed by atoms with Crippen molar-refractivity contribution in [2.75, 3.05) is 4.90 Å². The molecule has 0 unspecified atom stereocenters. The van der Waals surface area contributed by atoms with E-state index in [4.69, 9.17) is 23.2 Å². The van der Waals surface area contributed by atoms with Gasteiger partial charge in [-0.3, -0.25) is 23.9 Å². The Morgan fingerprint density at radius 3 is 2.27 bits per heavy atom. The Labute approximate surface area is 206 Å². The van der Waals surface area contributed by atoms with Crippen LogP contribution in [0.2, 0.25) is 10.0 Å². The van der Waals surface area contributed by atoms with Crippen molar-refractivity contribution >= 4 is 63.6 Å². The van der Waals surface area contributed by atoms with Crippen LogP contribution in [0.15, 0.2) is 92.2 Å². The molecule has 0 saturated carbocycles. The van der Waals surface area contributed by atoms with Crippen LogP contribution in [0.1, 0.15) is 0 Å². The van der Waals surface area contributed by atoms with Crippen molar-refractivity contribution in [1.29, 1.82) is 0 Å². The van der Waals surface area contributed by atoms with Gasteiger partial charge in [0.25, 0.3) is 11.5 Å². The number of benzene rings is 3. The smallest absolute Gasteiger partial charge is 0.277 e. The Hall–Kier alpha value is -2.84. The molecule has 9 heteroatoms. The number of aromatic nitrogens is 1. The van der Waals surface area contributed by atoms with Crippen molar-refractivity contribution < 1.29 is 4.79 Å². The average molecular weight is 513 g/mol. The van der Waals surface area contributed by atoms with Gasteiger partial charge in [-0.15, -0.1) is 0 Å². The first-order chi connectivity index (χ1) is 15.9. The van der Waals surface area contributed by atoms with Gasteiger partial charge >= 0.3 is 4.87 Å². The third kappa shape index (κ3) is 4.25. The van der Waals surface area contributed by atoms with E-state index in [0.717, 1.165) is 25.7 Å². The molecule has 33 heavy (non-hydrogen) atoms. The molecule has 5 rings (SSSR count). The number of fused-ring (bicyclic) bond motifs is 2. The predicted octanol–water partition coefficient (Wildman–Crippen LogP) is 6.07. The van der Waals surface area contributed by atoms with Gasteiger partial charge in [0.2, 0.25) is 0 Å². The Kier molecular flexibility index (Phi) is 5.88. The number of anilines is 2. The Morgan fingerprint density at radius 2 is 1.52 bits per heavy atom. The SMILES string of the molecule is O=C(Cn1c(=O)cc(-c2ccc(Cl)cc2)sc1=O)N1c2ccccc2Sc2ccc(Cl)cc21. The molecule has 5 nitrogen and oxygen atoms in total. The summed E-state index contributed by atoms with van der Waals surface area (Å²) in [5, 5.41) is 1.05. The summed E-state index contributed by atoms with van der Waals surface area (Å²) in [4.78, 5) is 42.4. The van der Waals surface area contributed by atoms with Crippen LogP contribution in [-0.2, 0) is 11.3 Å². The third-order valence-corrected chi connectivity index (χ3v) is 7.68. The summed E-state index contributed by atoms with van der Waals surface area (Å²) in [5.41, 5.74) is 1.48. The third-order valence-electron chi connectivity index (χ3n) is 5.10. The maximum Gasteiger partial charge on any atom is 0.310 e. The highest BCUT2D eigenvalue weighted by molar-refractivity contribution is 7.99. The van der Waals surface area contributed by atoms with Gasteiger partial charge in [-0.2, -0.15) is 0 Å². The Bertz CT molecular complexity index is 1480. The number of carbonyl (C=O) groups excluding carboxylic acids is 1. The fraction of sp³-hybridized carbons (Fsp3) is 0.0417. The Morgan fingerprint density at radius 1 is 0.818 bits per heavy atom. The lowest BCUT2D eigenvalue weighted by Gasteiger charge is -2.31. The minimum absolute atomic E-state index is 0.389. The number of halogens is 2. The minimum atomic E-state index is -0.539. The van der Waals surface area contributed by atoms with E-state index in [9.17, 15) is 14.4 Å². The molecule has 1 amide bonds. The van der Waals surface area contributed by atoms with Gasteiger partial charge in [0, 0.05) is 30.8 Å². The topological polar surface area (TPSA) is 59.4 Å². The zero-order valence-corrected chi connectivity index (χ0v) is 20.0. The molecule has 0 bridgehead atoms. The van der Waals surface area contributed by atoms with Gasteiger partial charge in [-0.05, 0) is 48.0 Å². The second-order valence-corrected chi connectivity index (χ2v) is 10.2. The first kappa shape index (κ1) is 22.0. The van der Waals surface area contributed by atoms with E-state index in [1.807, 2.05) is 30.3 Å². The van der Waals surface area contributed by atoms with Crippen LogP contribution in [-0.4, -0.2) is 10.5 Å². The molecule has 1 aromatic heterocycles. The predicted molar refractivity (Wildman–Crippen MR) is 134 cm³/mol. The van der Waals surface area contributed by atoms with Crippen LogP contribution in [0.4, 0.5) is 11.4 Å². The number of para-hydroxylation sites is 1. The monoisotopic (exact) mass is 512 g/mol. The molecule has 0 fully saturated rings. The van der Waals surface area contributed by atoms with Crippen molar-refractivity contribution in [1.82, 2.24) is 4.57 Å². The van der Waals surface area contributed by atoms with Gasteiger partial charge in [0.1, 0.15) is 6.54 Å². The average Bonchev–Trinajstić information content (AvgIpc) is 2.80. The van der Waals surface area contributed by atoms with Gasteiger partial charge in [0.05, 0.1) is 11.4 Å². The molecule has 0 spiro atoms. The van der Waals surface area contributed by atoms with Crippen molar-refractivity contribution in [3.8, 4) is 10.4 Å². The molecule has 1 aliphatic rings. The molecule has 1 aliphatic heterocycles. The van der Waals surface area contributed by atoms with Crippen LogP contribution >= 0.6 is 46.3 Å². The van der Waals surface area contributed by atoms with Crippen LogP contribution < -0.4 is 15.3 Å². The highest BCUT2D eigenvalue weighted by atomic mass is 35.5. The van der Waals surface area contributed by atoms with E-state index in [0.29, 0.717) is 31.9 Å². The molecule has 0 atom stereocenters. The largest absolute Gasteiger partial charge is 0.310 e. The maximum atomic E-state index is 13.5. The van der Waals surface area contributed by atoms with E-state index >= 15 is 0 Å². The molecule has 164 valence electrons. The molecule has 0 N–H and O–H groups in total. The minimum Gasteiger partial charge on any atom is -0.277 e. The molecular formula is C24H14Cl2N2O3S2. The number of rotatable bonds is 3. The fourth-order valence-electron chi connectivity index (χ4n) is 3.56. The van der Waals surface area contributed by atoms with Crippen LogP contribution in [0, 0.1) is 0 Å². The van der Waals surface area contributed by atoms with E-state index in [-0.39, 0.29) is 6.54 Å². The summed E-state index contributed by atoms with van der Waals surface area (Å²) in [6.45, 7) is -0.389. The van der Waals surface area contributed by atoms with Gasteiger partial charge in [-0.25, -0.2) is 0 Å². The number of nitrogens with zero attached hydrogens (tertiary/aromatic N) is 2. The summed E-state index contributed by atoms with van der Waals surface area (Å²) >= 11 is 14.6. The number of hydrogen-bond acceptors (Lipinski definition) is 5. The fourth-order valence-corrected chi connectivity index (χ4v) is 5.76. The first-order valence-corrected chi connectivity index (χ1v) is 12.2. The zero-order chi connectivity index (χ0) is 23.1. The van der Waals surface area contributed by atoms with Crippen LogP contribution in [0.5, 0.6) is 0 Å². The lowest BCUT2D eigenvalue weighted by molar-refractivity contribution is -0.118. The molecule has 0 saturated heterocycles. The molecule has 4 aromatic rings.